The lowest BCUT2D eigenvalue weighted by molar-refractivity contribution is -0.136. The van der Waals surface area contributed by atoms with Gasteiger partial charge in [0.15, 0.2) is 5.78 Å². The van der Waals surface area contributed by atoms with E-state index in [0.29, 0.717) is 12.2 Å². The Morgan fingerprint density at radius 2 is 2.00 bits per heavy atom. The number of ketones is 1. The molecule has 0 saturated carbocycles. The molecule has 1 aliphatic rings. The van der Waals surface area contributed by atoms with E-state index in [-0.39, 0.29) is 5.78 Å². The van der Waals surface area contributed by atoms with E-state index < -0.39 is 11.2 Å². The fourth-order valence-corrected chi connectivity index (χ4v) is 3.42. The summed E-state index contributed by atoms with van der Waals surface area (Å²) in [6, 6.07) is 6.11. The third-order valence-electron chi connectivity index (χ3n) is 4.05. The van der Waals surface area contributed by atoms with E-state index >= 15 is 0 Å². The summed E-state index contributed by atoms with van der Waals surface area (Å²) in [5.41, 5.74) is 1.39. The number of hydrogen-bond acceptors (Lipinski definition) is 3. The number of benzene rings is 1. The minimum atomic E-state index is -0.819. The van der Waals surface area contributed by atoms with Crippen LogP contribution in [0.2, 0.25) is 0 Å². The molecule has 4 heteroatoms. The molecule has 1 aliphatic heterocycles. The highest BCUT2D eigenvalue weighted by Gasteiger charge is 2.52. The van der Waals surface area contributed by atoms with Crippen LogP contribution in [0.25, 0.3) is 6.08 Å². The maximum atomic E-state index is 12.7. The molecule has 0 aliphatic carbocycles. The third-order valence-corrected chi connectivity index (χ3v) is 4.54. The first-order chi connectivity index (χ1) is 10.2. The molecule has 1 unspecified atom stereocenters. The van der Waals surface area contributed by atoms with E-state index in [0.717, 1.165) is 16.5 Å². The molecule has 1 fully saturated rings. The van der Waals surface area contributed by atoms with E-state index in [2.05, 4.69) is 28.9 Å². The highest BCUT2D eigenvalue weighted by Crippen LogP contribution is 2.40. The smallest absolute Gasteiger partial charge is 0.193 e. The molecule has 3 nitrogen and oxygen atoms in total. The second-order valence-corrected chi connectivity index (χ2v) is 7.28. The van der Waals surface area contributed by atoms with Crippen LogP contribution in [0.5, 0.6) is 0 Å². The molecule has 1 saturated heterocycles. The van der Waals surface area contributed by atoms with E-state index in [9.17, 15) is 4.79 Å². The van der Waals surface area contributed by atoms with Crippen molar-refractivity contribution in [1.82, 2.24) is 0 Å². The molecule has 22 heavy (non-hydrogen) atoms. The Balaban J connectivity index is 2.54. The van der Waals surface area contributed by atoms with Gasteiger partial charge in [-0.1, -0.05) is 28.9 Å². The summed E-state index contributed by atoms with van der Waals surface area (Å²) in [5.74, 6) is 0.0250. The lowest BCUT2D eigenvalue weighted by Gasteiger charge is -2.26. The molecule has 0 radical (unpaired) electrons. The molecule has 0 aromatic heterocycles. The van der Waals surface area contributed by atoms with Crippen molar-refractivity contribution >= 4 is 27.8 Å². The van der Waals surface area contributed by atoms with Crippen LogP contribution in [0.15, 0.2) is 28.2 Å². The summed E-state index contributed by atoms with van der Waals surface area (Å²) in [6.07, 6.45) is 2.86. The van der Waals surface area contributed by atoms with Crippen LogP contribution in [0, 0.1) is 0 Å². The minimum Gasteiger partial charge on any atom is -0.381 e. The van der Waals surface area contributed by atoms with Crippen molar-refractivity contribution in [2.24, 2.45) is 0 Å². The normalized spacial score (nSPS) is 25.9. The summed E-state index contributed by atoms with van der Waals surface area (Å²) in [6.45, 7) is 8.00. The lowest BCUT2D eigenvalue weighted by atomic mass is 9.89. The second-order valence-electron chi connectivity index (χ2n) is 6.36. The van der Waals surface area contributed by atoms with Crippen molar-refractivity contribution in [3.8, 4) is 0 Å². The van der Waals surface area contributed by atoms with Gasteiger partial charge >= 0.3 is 0 Å². The van der Waals surface area contributed by atoms with Crippen LogP contribution in [0.4, 0.5) is 0 Å². The van der Waals surface area contributed by atoms with Gasteiger partial charge in [0, 0.05) is 17.2 Å². The molecule has 0 N–H and O–H groups in total. The molecule has 2 rings (SSSR count). The van der Waals surface area contributed by atoms with Crippen LogP contribution >= 0.6 is 15.9 Å². The van der Waals surface area contributed by atoms with E-state index in [1.165, 1.54) is 5.56 Å². The fourth-order valence-electron chi connectivity index (χ4n) is 3.01. The highest BCUT2D eigenvalue weighted by molar-refractivity contribution is 9.10. The molecule has 120 valence electrons. The molecule has 1 aromatic rings. The maximum absolute atomic E-state index is 12.7. The van der Waals surface area contributed by atoms with Gasteiger partial charge in [-0.05, 0) is 56.5 Å². The van der Waals surface area contributed by atoms with Gasteiger partial charge in [-0.2, -0.15) is 0 Å². The SMILES string of the molecule is CCc1cc(Br)ccc1C=C1C(=O)C(C)(C)OC1(C)COC. The van der Waals surface area contributed by atoms with Gasteiger partial charge in [0.25, 0.3) is 0 Å². The van der Waals surface area contributed by atoms with Crippen molar-refractivity contribution in [1.29, 1.82) is 0 Å². The van der Waals surface area contributed by atoms with Crippen molar-refractivity contribution in [3.05, 3.63) is 39.4 Å². The predicted molar refractivity (Wildman–Crippen MR) is 91.9 cm³/mol. The zero-order valence-electron chi connectivity index (χ0n) is 13.8. The lowest BCUT2D eigenvalue weighted by Crippen LogP contribution is -2.34. The topological polar surface area (TPSA) is 35.5 Å². The van der Waals surface area contributed by atoms with Gasteiger partial charge in [0.1, 0.15) is 11.2 Å². The van der Waals surface area contributed by atoms with Crippen LogP contribution in [0.3, 0.4) is 0 Å². The molecule has 1 aromatic carbocycles. The number of halogens is 1. The van der Waals surface area contributed by atoms with E-state index in [4.69, 9.17) is 9.47 Å². The standard InChI is InChI=1S/C18H23BrO3/c1-6-12-9-14(19)8-7-13(12)10-15-16(20)17(2,3)22-18(15,4)11-21-5/h7-10H,6,11H2,1-5H3. The van der Waals surface area contributed by atoms with Gasteiger partial charge in [0.2, 0.25) is 0 Å². The predicted octanol–water partition coefficient (Wildman–Crippen LogP) is 4.18. The largest absolute Gasteiger partial charge is 0.381 e. The van der Waals surface area contributed by atoms with E-state index in [1.807, 2.05) is 39.0 Å². The Bertz CT molecular complexity index is 619. The highest BCUT2D eigenvalue weighted by atomic mass is 79.9. The Morgan fingerprint density at radius 1 is 1.32 bits per heavy atom. The number of rotatable bonds is 4. The summed E-state index contributed by atoms with van der Waals surface area (Å²) >= 11 is 3.49. The third kappa shape index (κ3) is 3.19. The fraction of sp³-hybridized carbons (Fsp3) is 0.500. The van der Waals surface area contributed by atoms with Crippen molar-refractivity contribution in [2.45, 2.75) is 45.3 Å². The Labute approximate surface area is 140 Å². The van der Waals surface area contributed by atoms with Gasteiger partial charge < -0.3 is 9.47 Å². The summed E-state index contributed by atoms with van der Waals surface area (Å²) in [4.78, 5) is 12.7. The van der Waals surface area contributed by atoms with Gasteiger partial charge in [-0.25, -0.2) is 0 Å². The van der Waals surface area contributed by atoms with Crippen LogP contribution in [-0.2, 0) is 20.7 Å². The zero-order chi connectivity index (χ0) is 16.5. The molecule has 1 heterocycles. The van der Waals surface area contributed by atoms with Gasteiger partial charge in [0.05, 0.1) is 6.61 Å². The van der Waals surface area contributed by atoms with Crippen LogP contribution in [-0.4, -0.2) is 30.7 Å². The average molecular weight is 367 g/mol. The maximum Gasteiger partial charge on any atom is 0.193 e. The Hall–Kier alpha value is -0.970. The van der Waals surface area contributed by atoms with E-state index in [1.54, 1.807) is 7.11 Å². The molecule has 0 bridgehead atoms. The summed E-state index contributed by atoms with van der Waals surface area (Å²) in [7, 11) is 1.62. The summed E-state index contributed by atoms with van der Waals surface area (Å²) < 4.78 is 12.3. The first kappa shape index (κ1) is 17.4. The minimum absolute atomic E-state index is 0.0250. The Kier molecular flexibility index (Phi) is 4.95. The van der Waals surface area contributed by atoms with Crippen LogP contribution in [0.1, 0.15) is 38.8 Å². The molecule has 0 spiro atoms. The first-order valence-corrected chi connectivity index (χ1v) is 8.27. The molecular formula is C18H23BrO3. The number of aryl methyl sites for hydroxylation is 1. The van der Waals surface area contributed by atoms with Gasteiger partial charge in [-0.15, -0.1) is 0 Å². The number of carbonyl (C=O) groups excluding carboxylic acids is 1. The zero-order valence-corrected chi connectivity index (χ0v) is 15.4. The number of Topliss-reactive ketones (excluding diaryl/α,β-unsaturated/α-hetero) is 1. The molecular weight excluding hydrogens is 344 g/mol. The first-order valence-electron chi connectivity index (χ1n) is 7.48. The average Bonchev–Trinajstić information content (AvgIpc) is 2.60. The molecule has 0 amide bonds. The van der Waals surface area contributed by atoms with Crippen molar-refractivity contribution in [3.63, 3.8) is 0 Å². The number of methoxy groups -OCH3 is 1. The number of hydrogen-bond donors (Lipinski definition) is 0. The monoisotopic (exact) mass is 366 g/mol. The van der Waals surface area contributed by atoms with Crippen molar-refractivity contribution < 1.29 is 14.3 Å². The Morgan fingerprint density at radius 3 is 2.59 bits per heavy atom. The van der Waals surface area contributed by atoms with Crippen molar-refractivity contribution in [2.75, 3.05) is 13.7 Å². The number of carbonyl (C=O) groups is 1. The quantitative estimate of drug-likeness (QED) is 0.749. The molecule has 1 atom stereocenters. The summed E-state index contributed by atoms with van der Waals surface area (Å²) in [5, 5.41) is 0. The van der Waals surface area contributed by atoms with Gasteiger partial charge in [-0.3, -0.25) is 4.79 Å². The van der Waals surface area contributed by atoms with Crippen LogP contribution < -0.4 is 0 Å². The second kappa shape index (κ2) is 6.26. The number of ether oxygens (including phenoxy) is 2.